The molecule has 20 heavy (non-hydrogen) atoms. The Bertz CT molecular complexity index is 494. The third-order valence-corrected chi connectivity index (χ3v) is 3.47. The number of nitrogen functional groups attached to an aromatic ring is 1. The van der Waals surface area contributed by atoms with Crippen LogP contribution in [-0.4, -0.2) is 60.8 Å². The van der Waals surface area contributed by atoms with E-state index >= 15 is 0 Å². The number of nitrogens with two attached hydrogens (primary N) is 1. The van der Waals surface area contributed by atoms with Crippen molar-refractivity contribution in [2.75, 3.05) is 50.5 Å². The molecule has 0 aliphatic carbocycles. The molecule has 2 heterocycles. The van der Waals surface area contributed by atoms with Crippen molar-refractivity contribution in [3.05, 3.63) is 11.8 Å². The Morgan fingerprint density at radius 2 is 2.25 bits per heavy atom. The van der Waals surface area contributed by atoms with Crippen molar-refractivity contribution < 1.29 is 4.74 Å². The minimum absolute atomic E-state index is 0.225. The second-order valence-corrected chi connectivity index (χ2v) is 4.96. The first-order chi connectivity index (χ1) is 9.61. The van der Waals surface area contributed by atoms with Gasteiger partial charge in [-0.3, -0.25) is 4.90 Å². The summed E-state index contributed by atoms with van der Waals surface area (Å²) in [5, 5.41) is 8.82. The lowest BCUT2D eigenvalue weighted by Gasteiger charge is -2.34. The highest BCUT2D eigenvalue weighted by Gasteiger charge is 2.19. The van der Waals surface area contributed by atoms with Gasteiger partial charge in [0.15, 0.2) is 0 Å². The maximum atomic E-state index is 8.82. The number of nitrogens with zero attached hydrogens (tertiary/aromatic N) is 5. The fourth-order valence-electron chi connectivity index (χ4n) is 2.27. The van der Waals surface area contributed by atoms with Gasteiger partial charge in [0.25, 0.3) is 0 Å². The Balaban J connectivity index is 1.98. The Morgan fingerprint density at radius 3 is 2.85 bits per heavy atom. The molecular formula is C13H20N6O. The van der Waals surface area contributed by atoms with Crippen molar-refractivity contribution in [3.8, 4) is 6.07 Å². The van der Waals surface area contributed by atoms with Crippen molar-refractivity contribution in [2.45, 2.75) is 13.0 Å². The van der Waals surface area contributed by atoms with Gasteiger partial charge in [-0.15, -0.1) is 0 Å². The summed E-state index contributed by atoms with van der Waals surface area (Å²) in [7, 11) is 1.93. The predicted octanol–water partition coefficient (Wildman–Crippen LogP) is 0.0874. The van der Waals surface area contributed by atoms with Gasteiger partial charge in [-0.2, -0.15) is 10.2 Å². The van der Waals surface area contributed by atoms with E-state index in [1.54, 1.807) is 0 Å². The molecule has 108 valence electrons. The topological polar surface area (TPSA) is 91.3 Å². The van der Waals surface area contributed by atoms with E-state index in [0.29, 0.717) is 17.6 Å². The van der Waals surface area contributed by atoms with Gasteiger partial charge >= 0.3 is 0 Å². The average molecular weight is 276 g/mol. The summed E-state index contributed by atoms with van der Waals surface area (Å²) in [6.07, 6.45) is 1.47. The summed E-state index contributed by atoms with van der Waals surface area (Å²) in [6.45, 7) is 6.44. The number of morpholine rings is 1. The van der Waals surface area contributed by atoms with Gasteiger partial charge in [0.1, 0.15) is 17.5 Å². The van der Waals surface area contributed by atoms with Gasteiger partial charge in [0, 0.05) is 32.7 Å². The predicted molar refractivity (Wildman–Crippen MR) is 76.3 cm³/mol. The van der Waals surface area contributed by atoms with E-state index in [2.05, 4.69) is 21.8 Å². The van der Waals surface area contributed by atoms with Crippen LogP contribution in [0.25, 0.3) is 0 Å². The van der Waals surface area contributed by atoms with E-state index < -0.39 is 0 Å². The van der Waals surface area contributed by atoms with Crippen LogP contribution in [0.3, 0.4) is 0 Å². The van der Waals surface area contributed by atoms with Crippen LogP contribution in [0.2, 0.25) is 0 Å². The van der Waals surface area contributed by atoms with Crippen LogP contribution in [-0.2, 0) is 4.74 Å². The highest BCUT2D eigenvalue weighted by atomic mass is 16.5. The molecule has 2 N–H and O–H groups in total. The standard InChI is InChI=1S/C13H20N6O/c1-10(19-3-5-20-6-4-19)9-18(2)13-16-8-11(7-14)12(15)17-13/h8,10H,3-6,9H2,1-2H3,(H2,15,16,17). The monoisotopic (exact) mass is 276 g/mol. The van der Waals surface area contributed by atoms with Crippen LogP contribution in [0.1, 0.15) is 12.5 Å². The summed E-state index contributed by atoms with van der Waals surface area (Å²) in [5.74, 6) is 0.769. The third kappa shape index (κ3) is 3.35. The van der Waals surface area contributed by atoms with Gasteiger partial charge in [-0.25, -0.2) is 4.98 Å². The molecule has 0 amide bonds. The maximum Gasteiger partial charge on any atom is 0.227 e. The summed E-state index contributed by atoms with van der Waals surface area (Å²) in [6, 6.07) is 2.34. The van der Waals surface area contributed by atoms with Crippen molar-refractivity contribution >= 4 is 11.8 Å². The molecule has 0 spiro atoms. The molecule has 2 rings (SSSR count). The zero-order valence-electron chi connectivity index (χ0n) is 11.9. The van der Waals surface area contributed by atoms with Gasteiger partial charge in [0.05, 0.1) is 19.4 Å². The van der Waals surface area contributed by atoms with E-state index in [1.165, 1.54) is 6.20 Å². The average Bonchev–Trinajstić information content (AvgIpc) is 2.48. The Hall–Kier alpha value is -1.91. The molecule has 1 aliphatic heterocycles. The Kier molecular flexibility index (Phi) is 4.71. The Morgan fingerprint density at radius 1 is 1.55 bits per heavy atom. The second kappa shape index (κ2) is 6.50. The van der Waals surface area contributed by atoms with Crippen LogP contribution in [0.4, 0.5) is 11.8 Å². The molecule has 7 heteroatoms. The first-order valence-corrected chi connectivity index (χ1v) is 6.67. The number of ether oxygens (including phenoxy) is 1. The lowest BCUT2D eigenvalue weighted by Crippen LogP contribution is -2.47. The van der Waals surface area contributed by atoms with E-state index in [0.717, 1.165) is 32.8 Å². The molecule has 0 saturated carbocycles. The molecule has 1 unspecified atom stereocenters. The molecule has 1 fully saturated rings. The lowest BCUT2D eigenvalue weighted by atomic mass is 10.2. The zero-order valence-corrected chi connectivity index (χ0v) is 11.9. The second-order valence-electron chi connectivity index (χ2n) is 4.96. The first-order valence-electron chi connectivity index (χ1n) is 6.67. The van der Waals surface area contributed by atoms with Gasteiger partial charge in [-0.05, 0) is 6.92 Å². The molecule has 1 aromatic rings. The quantitative estimate of drug-likeness (QED) is 0.833. The number of rotatable bonds is 4. The molecule has 0 aromatic carbocycles. The molecular weight excluding hydrogens is 256 g/mol. The van der Waals surface area contributed by atoms with E-state index in [-0.39, 0.29) is 5.82 Å². The van der Waals surface area contributed by atoms with Crippen molar-refractivity contribution in [1.82, 2.24) is 14.9 Å². The van der Waals surface area contributed by atoms with E-state index in [1.807, 2.05) is 18.0 Å². The van der Waals surface area contributed by atoms with Crippen LogP contribution in [0, 0.1) is 11.3 Å². The van der Waals surface area contributed by atoms with E-state index in [9.17, 15) is 0 Å². The molecule has 0 bridgehead atoms. The van der Waals surface area contributed by atoms with Crippen molar-refractivity contribution in [1.29, 1.82) is 5.26 Å². The largest absolute Gasteiger partial charge is 0.382 e. The fourth-order valence-corrected chi connectivity index (χ4v) is 2.27. The van der Waals surface area contributed by atoms with Crippen LogP contribution >= 0.6 is 0 Å². The van der Waals surface area contributed by atoms with Crippen LogP contribution < -0.4 is 10.6 Å². The van der Waals surface area contributed by atoms with Crippen molar-refractivity contribution in [2.24, 2.45) is 0 Å². The summed E-state index contributed by atoms with van der Waals surface area (Å²) >= 11 is 0. The SMILES string of the molecule is CC(CN(C)c1ncc(C#N)c(N)n1)N1CCOCC1. The molecule has 1 atom stereocenters. The summed E-state index contributed by atoms with van der Waals surface area (Å²) in [4.78, 5) is 12.7. The highest BCUT2D eigenvalue weighted by Crippen LogP contribution is 2.13. The number of hydrogen-bond acceptors (Lipinski definition) is 7. The summed E-state index contributed by atoms with van der Waals surface area (Å²) < 4.78 is 5.35. The Labute approximate surface area is 119 Å². The molecule has 7 nitrogen and oxygen atoms in total. The highest BCUT2D eigenvalue weighted by molar-refractivity contribution is 5.50. The van der Waals surface area contributed by atoms with Crippen LogP contribution in [0.5, 0.6) is 0 Å². The lowest BCUT2D eigenvalue weighted by molar-refractivity contribution is 0.0217. The number of nitriles is 1. The van der Waals surface area contributed by atoms with E-state index in [4.69, 9.17) is 15.7 Å². The van der Waals surface area contributed by atoms with Crippen molar-refractivity contribution in [3.63, 3.8) is 0 Å². The number of aromatic nitrogens is 2. The fraction of sp³-hybridized carbons (Fsp3) is 0.615. The van der Waals surface area contributed by atoms with Crippen LogP contribution in [0.15, 0.2) is 6.20 Å². The summed E-state index contributed by atoms with van der Waals surface area (Å²) in [5.41, 5.74) is 6.02. The number of hydrogen-bond donors (Lipinski definition) is 1. The maximum absolute atomic E-state index is 8.82. The van der Waals surface area contributed by atoms with Gasteiger partial charge in [-0.1, -0.05) is 0 Å². The number of anilines is 2. The molecule has 1 saturated heterocycles. The molecule has 1 aromatic heterocycles. The van der Waals surface area contributed by atoms with Gasteiger partial charge in [0.2, 0.25) is 5.95 Å². The molecule has 1 aliphatic rings. The smallest absolute Gasteiger partial charge is 0.227 e. The zero-order chi connectivity index (χ0) is 14.5. The minimum atomic E-state index is 0.225. The number of likely N-dealkylation sites (N-methyl/N-ethyl adjacent to an activating group) is 1. The third-order valence-electron chi connectivity index (χ3n) is 3.47. The normalized spacial score (nSPS) is 17.4. The first kappa shape index (κ1) is 14.5. The van der Waals surface area contributed by atoms with Gasteiger partial charge < -0.3 is 15.4 Å². The minimum Gasteiger partial charge on any atom is -0.382 e. The molecule has 0 radical (unpaired) electrons.